The molecule has 0 saturated heterocycles. The number of hydrogen-bond acceptors (Lipinski definition) is 2. The summed E-state index contributed by atoms with van der Waals surface area (Å²) in [5.74, 6) is 0. The van der Waals surface area contributed by atoms with E-state index >= 15 is 0 Å². The van der Waals surface area contributed by atoms with Gasteiger partial charge in [0.1, 0.15) is 6.07 Å². The predicted octanol–water partition coefficient (Wildman–Crippen LogP) is 2.89. The molecule has 1 aromatic heterocycles. The minimum atomic E-state index is 0.553. The molecular formula is C13H10ClN3. The molecule has 0 amide bonds. The number of nitrogens with zero attached hydrogens (tertiary/aromatic N) is 3. The van der Waals surface area contributed by atoms with Gasteiger partial charge < -0.3 is 0 Å². The summed E-state index contributed by atoms with van der Waals surface area (Å²) in [6.45, 7) is 0. The Morgan fingerprint density at radius 3 is 3.00 bits per heavy atom. The first kappa shape index (κ1) is 10.4. The van der Waals surface area contributed by atoms with Crippen molar-refractivity contribution in [3.05, 3.63) is 46.2 Å². The van der Waals surface area contributed by atoms with Crippen molar-refractivity contribution >= 4 is 11.6 Å². The fraction of sp³-hybridized carbons (Fsp3) is 0.231. The molecule has 1 aliphatic carbocycles. The van der Waals surface area contributed by atoms with Crippen LogP contribution in [0.15, 0.2) is 24.3 Å². The number of aromatic nitrogens is 2. The van der Waals surface area contributed by atoms with Gasteiger partial charge in [-0.05, 0) is 37.5 Å². The molecule has 3 nitrogen and oxygen atoms in total. The van der Waals surface area contributed by atoms with Crippen molar-refractivity contribution in [2.24, 2.45) is 0 Å². The highest BCUT2D eigenvalue weighted by Crippen LogP contribution is 2.27. The zero-order chi connectivity index (χ0) is 11.8. The quantitative estimate of drug-likeness (QED) is 0.773. The summed E-state index contributed by atoms with van der Waals surface area (Å²) in [5, 5.41) is 14.1. The van der Waals surface area contributed by atoms with Gasteiger partial charge in [0, 0.05) is 16.3 Å². The number of halogens is 1. The van der Waals surface area contributed by atoms with Crippen molar-refractivity contribution in [3.63, 3.8) is 0 Å². The molecule has 17 heavy (non-hydrogen) atoms. The smallest absolute Gasteiger partial charge is 0.166 e. The molecule has 0 spiro atoms. The maximum absolute atomic E-state index is 9.06. The van der Waals surface area contributed by atoms with Crippen LogP contribution in [-0.4, -0.2) is 9.78 Å². The number of hydrogen-bond donors (Lipinski definition) is 0. The molecule has 1 heterocycles. The molecule has 0 aliphatic heterocycles. The van der Waals surface area contributed by atoms with Crippen molar-refractivity contribution in [1.82, 2.24) is 9.78 Å². The van der Waals surface area contributed by atoms with Crippen molar-refractivity contribution in [1.29, 1.82) is 5.26 Å². The van der Waals surface area contributed by atoms with E-state index in [0.717, 1.165) is 36.2 Å². The van der Waals surface area contributed by atoms with Crippen LogP contribution in [-0.2, 0) is 12.8 Å². The molecule has 4 heteroatoms. The van der Waals surface area contributed by atoms with Gasteiger partial charge in [-0.15, -0.1) is 0 Å². The molecule has 0 unspecified atom stereocenters. The van der Waals surface area contributed by atoms with Crippen molar-refractivity contribution in [2.75, 3.05) is 0 Å². The molecule has 0 atom stereocenters. The van der Waals surface area contributed by atoms with Crippen LogP contribution in [0.5, 0.6) is 0 Å². The maximum atomic E-state index is 9.06. The Balaban J connectivity index is 2.19. The summed E-state index contributed by atoms with van der Waals surface area (Å²) in [7, 11) is 0. The van der Waals surface area contributed by atoms with E-state index < -0.39 is 0 Å². The second-order valence-electron chi connectivity index (χ2n) is 4.13. The zero-order valence-corrected chi connectivity index (χ0v) is 9.91. The van der Waals surface area contributed by atoms with Gasteiger partial charge in [-0.1, -0.05) is 17.7 Å². The fourth-order valence-corrected chi connectivity index (χ4v) is 2.53. The first-order valence-corrected chi connectivity index (χ1v) is 5.94. The molecule has 3 rings (SSSR count). The summed E-state index contributed by atoms with van der Waals surface area (Å²) in [6.07, 6.45) is 3.04. The topological polar surface area (TPSA) is 41.6 Å². The average molecular weight is 244 g/mol. The third-order valence-corrected chi connectivity index (χ3v) is 3.32. The van der Waals surface area contributed by atoms with Crippen molar-refractivity contribution < 1.29 is 0 Å². The lowest BCUT2D eigenvalue weighted by Gasteiger charge is -2.05. The number of rotatable bonds is 1. The molecular weight excluding hydrogens is 234 g/mol. The molecule has 0 fully saturated rings. The first-order valence-electron chi connectivity index (χ1n) is 5.56. The molecule has 2 aromatic rings. The summed E-state index contributed by atoms with van der Waals surface area (Å²) < 4.78 is 1.85. The highest BCUT2D eigenvalue weighted by atomic mass is 35.5. The second kappa shape index (κ2) is 3.90. The average Bonchev–Trinajstić information content (AvgIpc) is 2.89. The lowest BCUT2D eigenvalue weighted by atomic mass is 10.2. The summed E-state index contributed by atoms with van der Waals surface area (Å²) in [5.41, 5.74) is 3.74. The summed E-state index contributed by atoms with van der Waals surface area (Å²) in [6, 6.07) is 9.72. The van der Waals surface area contributed by atoms with Crippen LogP contribution in [0, 0.1) is 11.3 Å². The SMILES string of the molecule is N#Cc1nn(-c2cccc(Cl)c2)c2c1CCC2. The third kappa shape index (κ3) is 1.62. The van der Waals surface area contributed by atoms with E-state index in [-0.39, 0.29) is 0 Å². The summed E-state index contributed by atoms with van der Waals surface area (Å²) >= 11 is 5.98. The lowest BCUT2D eigenvalue weighted by molar-refractivity contribution is 0.780. The minimum Gasteiger partial charge on any atom is -0.236 e. The number of nitriles is 1. The molecule has 1 aliphatic rings. The van der Waals surface area contributed by atoms with Gasteiger partial charge in [0.15, 0.2) is 5.69 Å². The highest BCUT2D eigenvalue weighted by Gasteiger charge is 2.22. The van der Waals surface area contributed by atoms with E-state index in [9.17, 15) is 0 Å². The van der Waals surface area contributed by atoms with E-state index in [2.05, 4.69) is 11.2 Å². The lowest BCUT2D eigenvalue weighted by Crippen LogP contribution is -2.01. The predicted molar refractivity (Wildman–Crippen MR) is 65.3 cm³/mol. The summed E-state index contributed by atoms with van der Waals surface area (Å²) in [4.78, 5) is 0. The Labute approximate surface area is 104 Å². The molecule has 1 aromatic carbocycles. The van der Waals surface area contributed by atoms with Crippen LogP contribution >= 0.6 is 11.6 Å². The van der Waals surface area contributed by atoms with Gasteiger partial charge in [0.25, 0.3) is 0 Å². The van der Waals surface area contributed by atoms with Crippen LogP contribution in [0.25, 0.3) is 5.69 Å². The largest absolute Gasteiger partial charge is 0.236 e. The normalized spacial score (nSPS) is 13.4. The molecule has 0 N–H and O–H groups in total. The molecule has 0 saturated carbocycles. The Morgan fingerprint density at radius 1 is 1.35 bits per heavy atom. The second-order valence-corrected chi connectivity index (χ2v) is 4.57. The van der Waals surface area contributed by atoms with Crippen molar-refractivity contribution in [2.45, 2.75) is 19.3 Å². The van der Waals surface area contributed by atoms with E-state index in [1.165, 1.54) is 0 Å². The van der Waals surface area contributed by atoms with Gasteiger partial charge >= 0.3 is 0 Å². The Bertz CT molecular complexity index is 622. The first-order chi connectivity index (χ1) is 8.29. The monoisotopic (exact) mass is 243 g/mol. The van der Waals surface area contributed by atoms with Gasteiger partial charge in [-0.3, -0.25) is 0 Å². The van der Waals surface area contributed by atoms with Crippen LogP contribution in [0.4, 0.5) is 0 Å². The molecule has 84 valence electrons. The van der Waals surface area contributed by atoms with Crippen LogP contribution < -0.4 is 0 Å². The van der Waals surface area contributed by atoms with Gasteiger partial charge in [0.05, 0.1) is 5.69 Å². The van der Waals surface area contributed by atoms with Crippen LogP contribution in [0.3, 0.4) is 0 Å². The van der Waals surface area contributed by atoms with E-state index in [4.69, 9.17) is 16.9 Å². The highest BCUT2D eigenvalue weighted by molar-refractivity contribution is 6.30. The Morgan fingerprint density at radius 2 is 2.24 bits per heavy atom. The van der Waals surface area contributed by atoms with E-state index in [1.54, 1.807) is 0 Å². The zero-order valence-electron chi connectivity index (χ0n) is 9.15. The van der Waals surface area contributed by atoms with E-state index in [1.807, 2.05) is 28.9 Å². The Kier molecular flexibility index (Phi) is 2.38. The van der Waals surface area contributed by atoms with Gasteiger partial charge in [-0.25, -0.2) is 4.68 Å². The fourth-order valence-electron chi connectivity index (χ4n) is 2.35. The van der Waals surface area contributed by atoms with Crippen LogP contribution in [0.2, 0.25) is 5.02 Å². The molecule has 0 bridgehead atoms. The Hall–Kier alpha value is -1.79. The maximum Gasteiger partial charge on any atom is 0.166 e. The third-order valence-electron chi connectivity index (χ3n) is 3.09. The van der Waals surface area contributed by atoms with Gasteiger partial charge in [-0.2, -0.15) is 10.4 Å². The number of fused-ring (bicyclic) bond motifs is 1. The molecule has 0 radical (unpaired) electrons. The van der Waals surface area contributed by atoms with E-state index in [0.29, 0.717) is 10.7 Å². The van der Waals surface area contributed by atoms with Crippen molar-refractivity contribution in [3.8, 4) is 11.8 Å². The minimum absolute atomic E-state index is 0.553. The van der Waals surface area contributed by atoms with Crippen LogP contribution in [0.1, 0.15) is 23.4 Å². The van der Waals surface area contributed by atoms with Gasteiger partial charge in [0.2, 0.25) is 0 Å². The number of benzene rings is 1. The standard InChI is InChI=1S/C13H10ClN3/c14-9-3-1-4-10(7-9)17-13-6-2-5-11(13)12(8-15)16-17/h1,3-4,7H,2,5-6H2.